The Hall–Kier alpha value is -2.75. The minimum Gasteiger partial charge on any atom is -0.508 e. The lowest BCUT2D eigenvalue weighted by atomic mass is 9.78. The summed E-state index contributed by atoms with van der Waals surface area (Å²) in [5.74, 6) is 1.32. The van der Waals surface area contributed by atoms with Gasteiger partial charge in [0.1, 0.15) is 11.5 Å². The Morgan fingerprint density at radius 1 is 1.04 bits per heavy atom. The highest BCUT2D eigenvalue weighted by atomic mass is 16.6. The van der Waals surface area contributed by atoms with Gasteiger partial charge in [-0.25, -0.2) is 4.79 Å². The van der Waals surface area contributed by atoms with Crippen LogP contribution in [0.4, 0.5) is 0 Å². The van der Waals surface area contributed by atoms with Crippen molar-refractivity contribution in [3.8, 4) is 11.5 Å². The molecule has 1 N–H and O–H groups in total. The van der Waals surface area contributed by atoms with E-state index in [-0.39, 0.29) is 11.2 Å². The number of hydrogen-bond donors (Lipinski definition) is 1. The standard InChI is InChI=1S/C20H20O4/c1-4-17-18(24-17)19(22)23-16-11-7-14(8-12-16)20(2,3)13-5-9-15(21)10-6-13/h5-12,21H,4H2,1-3H3. The van der Waals surface area contributed by atoms with Crippen LogP contribution in [0.25, 0.3) is 0 Å². The molecule has 4 heteroatoms. The zero-order valence-corrected chi connectivity index (χ0v) is 14.0. The third-order valence-corrected chi connectivity index (χ3v) is 4.32. The molecule has 2 aromatic carbocycles. The smallest absolute Gasteiger partial charge is 0.383 e. The van der Waals surface area contributed by atoms with E-state index in [1.54, 1.807) is 24.3 Å². The summed E-state index contributed by atoms with van der Waals surface area (Å²) < 4.78 is 10.4. The van der Waals surface area contributed by atoms with E-state index in [1.807, 2.05) is 31.2 Å². The fourth-order valence-corrected chi connectivity index (χ4v) is 2.62. The van der Waals surface area contributed by atoms with E-state index >= 15 is 0 Å². The van der Waals surface area contributed by atoms with Gasteiger partial charge in [-0.2, -0.15) is 0 Å². The van der Waals surface area contributed by atoms with E-state index in [9.17, 15) is 9.90 Å². The first-order valence-electron chi connectivity index (χ1n) is 7.95. The lowest BCUT2D eigenvalue weighted by Gasteiger charge is -2.26. The van der Waals surface area contributed by atoms with Crippen molar-refractivity contribution >= 4 is 5.97 Å². The lowest BCUT2D eigenvalue weighted by molar-refractivity contribution is -0.131. The minimum atomic E-state index is -0.447. The number of carbonyl (C=O) groups is 1. The monoisotopic (exact) mass is 324 g/mol. The van der Waals surface area contributed by atoms with Crippen LogP contribution in [-0.2, 0) is 14.9 Å². The molecule has 0 bridgehead atoms. The van der Waals surface area contributed by atoms with Crippen molar-refractivity contribution in [1.82, 2.24) is 0 Å². The quantitative estimate of drug-likeness (QED) is 0.659. The van der Waals surface area contributed by atoms with Crippen molar-refractivity contribution in [3.63, 3.8) is 0 Å². The van der Waals surface area contributed by atoms with Crippen molar-refractivity contribution in [2.75, 3.05) is 0 Å². The van der Waals surface area contributed by atoms with Crippen molar-refractivity contribution in [1.29, 1.82) is 0 Å². The fraction of sp³-hybridized carbons (Fsp3) is 0.250. The Morgan fingerprint density at radius 3 is 2.08 bits per heavy atom. The molecule has 24 heavy (non-hydrogen) atoms. The minimum absolute atomic E-state index is 0.228. The van der Waals surface area contributed by atoms with Gasteiger partial charge < -0.3 is 14.6 Å². The van der Waals surface area contributed by atoms with E-state index in [2.05, 4.69) is 13.8 Å². The summed E-state index contributed by atoms with van der Waals surface area (Å²) in [6.07, 6.45) is 0.699. The average Bonchev–Trinajstić information content (AvgIpc) is 3.36. The predicted octanol–water partition coefficient (Wildman–Crippen LogP) is 4.28. The number of hydrogen-bond acceptors (Lipinski definition) is 4. The molecule has 0 fully saturated rings. The molecule has 1 aliphatic heterocycles. The second-order valence-corrected chi connectivity index (χ2v) is 6.29. The Labute approximate surface area is 141 Å². The summed E-state index contributed by atoms with van der Waals surface area (Å²) in [6, 6.07) is 14.6. The molecule has 4 nitrogen and oxygen atoms in total. The highest BCUT2D eigenvalue weighted by Gasteiger charge is 2.32. The van der Waals surface area contributed by atoms with E-state index in [0.29, 0.717) is 23.7 Å². The highest BCUT2D eigenvalue weighted by Crippen LogP contribution is 2.34. The molecule has 0 aliphatic carbocycles. The molecule has 0 saturated carbocycles. The van der Waals surface area contributed by atoms with Crippen LogP contribution in [0.3, 0.4) is 0 Å². The first-order valence-corrected chi connectivity index (χ1v) is 7.95. The molecular formula is C20H20O4. The molecule has 1 aliphatic rings. The maximum absolute atomic E-state index is 11.9. The Morgan fingerprint density at radius 2 is 1.58 bits per heavy atom. The average molecular weight is 324 g/mol. The number of phenols is 1. The van der Waals surface area contributed by atoms with Crippen LogP contribution in [0.15, 0.2) is 60.0 Å². The number of rotatable bonds is 5. The SMILES string of the molecule is CCC1=C(C(=O)Oc2ccc(C(C)(C)c3ccc(O)cc3)cc2)O1. The fourth-order valence-electron chi connectivity index (χ4n) is 2.62. The number of benzene rings is 2. The maximum Gasteiger partial charge on any atom is 0.383 e. The molecule has 2 aromatic rings. The lowest BCUT2D eigenvalue weighted by Crippen LogP contribution is -2.18. The van der Waals surface area contributed by atoms with E-state index in [4.69, 9.17) is 9.47 Å². The van der Waals surface area contributed by atoms with E-state index < -0.39 is 5.97 Å². The Kier molecular flexibility index (Phi) is 4.06. The van der Waals surface area contributed by atoms with Crippen LogP contribution in [0.5, 0.6) is 11.5 Å². The van der Waals surface area contributed by atoms with Crippen molar-refractivity contribution < 1.29 is 19.4 Å². The van der Waals surface area contributed by atoms with Crippen LogP contribution in [0.1, 0.15) is 38.3 Å². The van der Waals surface area contributed by atoms with Crippen LogP contribution in [0, 0.1) is 0 Å². The first kappa shape index (κ1) is 16.1. The second-order valence-electron chi connectivity index (χ2n) is 6.29. The van der Waals surface area contributed by atoms with Gasteiger partial charge in [0.25, 0.3) is 5.76 Å². The first-order chi connectivity index (χ1) is 11.4. The van der Waals surface area contributed by atoms with Crippen LogP contribution >= 0.6 is 0 Å². The number of allylic oxidation sites excluding steroid dienone is 1. The number of esters is 1. The van der Waals surface area contributed by atoms with Crippen LogP contribution in [0.2, 0.25) is 0 Å². The summed E-state index contributed by atoms with van der Waals surface area (Å²) in [5, 5.41) is 9.44. The third kappa shape index (κ3) is 3.13. The van der Waals surface area contributed by atoms with Gasteiger partial charge >= 0.3 is 5.97 Å². The topological polar surface area (TPSA) is 59.1 Å². The molecule has 0 radical (unpaired) electrons. The van der Waals surface area contributed by atoms with Crippen molar-refractivity contribution in [2.24, 2.45) is 0 Å². The summed E-state index contributed by atoms with van der Waals surface area (Å²) in [6.45, 7) is 6.14. The van der Waals surface area contributed by atoms with Gasteiger partial charge in [0.05, 0.1) is 0 Å². The van der Waals surface area contributed by atoms with E-state index in [0.717, 1.165) is 11.1 Å². The van der Waals surface area contributed by atoms with Crippen molar-refractivity contribution in [3.05, 3.63) is 71.2 Å². The number of ether oxygens (including phenoxy) is 2. The zero-order valence-electron chi connectivity index (χ0n) is 14.0. The highest BCUT2D eigenvalue weighted by molar-refractivity contribution is 5.91. The molecule has 0 unspecified atom stereocenters. The molecule has 1 heterocycles. The molecule has 0 saturated heterocycles. The molecule has 0 spiro atoms. The molecule has 0 aromatic heterocycles. The molecular weight excluding hydrogens is 304 g/mol. The largest absolute Gasteiger partial charge is 0.508 e. The van der Waals surface area contributed by atoms with Crippen LogP contribution in [-0.4, -0.2) is 11.1 Å². The number of carbonyl (C=O) groups excluding carboxylic acids is 1. The van der Waals surface area contributed by atoms with Gasteiger partial charge in [-0.3, -0.25) is 0 Å². The summed E-state index contributed by atoms with van der Waals surface area (Å²) in [7, 11) is 0. The van der Waals surface area contributed by atoms with Gasteiger partial charge in [0.2, 0.25) is 0 Å². The van der Waals surface area contributed by atoms with Gasteiger partial charge in [0.15, 0.2) is 5.76 Å². The zero-order chi connectivity index (χ0) is 17.3. The van der Waals surface area contributed by atoms with Crippen molar-refractivity contribution in [2.45, 2.75) is 32.6 Å². The molecule has 124 valence electrons. The molecule has 0 atom stereocenters. The Balaban J connectivity index is 1.75. The van der Waals surface area contributed by atoms with Gasteiger partial charge in [-0.15, -0.1) is 0 Å². The second kappa shape index (κ2) is 6.04. The third-order valence-electron chi connectivity index (χ3n) is 4.32. The van der Waals surface area contributed by atoms with Gasteiger partial charge in [-0.05, 0) is 35.4 Å². The van der Waals surface area contributed by atoms with E-state index in [1.165, 1.54) is 0 Å². The normalized spacial score (nSPS) is 13.5. The van der Waals surface area contributed by atoms with Gasteiger partial charge in [0, 0.05) is 11.8 Å². The molecule has 0 amide bonds. The van der Waals surface area contributed by atoms with Gasteiger partial charge in [-0.1, -0.05) is 45.0 Å². The summed E-state index contributed by atoms with van der Waals surface area (Å²) in [4.78, 5) is 11.9. The Bertz CT molecular complexity index is 783. The summed E-state index contributed by atoms with van der Waals surface area (Å²) in [5.41, 5.74) is 1.95. The number of phenolic OH excluding ortho intramolecular Hbond substituents is 1. The predicted molar refractivity (Wildman–Crippen MR) is 90.7 cm³/mol. The van der Waals surface area contributed by atoms with Crippen LogP contribution < -0.4 is 4.74 Å². The maximum atomic E-state index is 11.9. The number of aromatic hydroxyl groups is 1. The summed E-state index contributed by atoms with van der Waals surface area (Å²) >= 11 is 0. The molecule has 3 rings (SSSR count).